The van der Waals surface area contributed by atoms with E-state index in [2.05, 4.69) is 5.16 Å². The minimum absolute atomic E-state index is 0.239. The Kier molecular flexibility index (Phi) is 3.50. The third-order valence-corrected chi connectivity index (χ3v) is 2.58. The summed E-state index contributed by atoms with van der Waals surface area (Å²) in [4.78, 5) is 0. The summed E-state index contributed by atoms with van der Waals surface area (Å²) in [6, 6.07) is 15.8. The lowest BCUT2D eigenvalue weighted by atomic mass is 9.92. The van der Waals surface area contributed by atoms with Crippen LogP contribution in [-0.2, 0) is 0 Å². The number of rotatable bonds is 3. The molecule has 0 aliphatic heterocycles. The van der Waals surface area contributed by atoms with Gasteiger partial charge in [-0.25, -0.2) is 4.39 Å². The highest BCUT2D eigenvalue weighted by atomic mass is 19.1. The first kappa shape index (κ1) is 11.3. The zero-order valence-corrected chi connectivity index (χ0v) is 9.12. The molecule has 0 fully saturated rings. The minimum atomic E-state index is -0.297. The van der Waals surface area contributed by atoms with Crippen molar-refractivity contribution in [3.05, 3.63) is 71.5 Å². The first-order valence-electron chi connectivity index (χ1n) is 5.29. The third kappa shape index (κ3) is 2.69. The van der Waals surface area contributed by atoms with Gasteiger partial charge in [-0.05, 0) is 23.3 Å². The van der Waals surface area contributed by atoms with Gasteiger partial charge in [0.1, 0.15) is 5.82 Å². The summed E-state index contributed by atoms with van der Waals surface area (Å²) in [5, 5.41) is 11.8. The van der Waals surface area contributed by atoms with Gasteiger partial charge in [0.2, 0.25) is 0 Å². The van der Waals surface area contributed by atoms with Crippen molar-refractivity contribution in [2.45, 2.75) is 5.92 Å². The summed E-state index contributed by atoms with van der Waals surface area (Å²) in [5.41, 5.74) is 1.71. The van der Waals surface area contributed by atoms with E-state index in [9.17, 15) is 4.39 Å². The van der Waals surface area contributed by atoms with Crippen molar-refractivity contribution in [3.63, 3.8) is 0 Å². The van der Waals surface area contributed by atoms with Crippen LogP contribution >= 0.6 is 0 Å². The number of hydrogen-bond donors (Lipinski definition) is 1. The highest BCUT2D eigenvalue weighted by Crippen LogP contribution is 2.23. The summed E-state index contributed by atoms with van der Waals surface area (Å²) in [6.45, 7) is 0. The van der Waals surface area contributed by atoms with Crippen molar-refractivity contribution >= 4 is 6.21 Å². The zero-order chi connectivity index (χ0) is 12.1. The van der Waals surface area contributed by atoms with Gasteiger partial charge in [-0.15, -0.1) is 5.16 Å². The van der Waals surface area contributed by atoms with E-state index in [1.807, 2.05) is 36.4 Å². The number of hydrogen-bond acceptors (Lipinski definition) is 2. The Morgan fingerprint density at radius 3 is 2.35 bits per heavy atom. The Balaban J connectivity index is 2.43. The molecule has 0 saturated carbocycles. The Bertz CT molecular complexity index is 511. The molecule has 2 aromatic carbocycles. The fourth-order valence-electron chi connectivity index (χ4n) is 1.79. The van der Waals surface area contributed by atoms with E-state index in [1.54, 1.807) is 6.07 Å². The van der Waals surface area contributed by atoms with Crippen molar-refractivity contribution in [1.82, 2.24) is 0 Å². The van der Waals surface area contributed by atoms with Crippen molar-refractivity contribution in [3.8, 4) is 0 Å². The largest absolute Gasteiger partial charge is 0.411 e. The summed E-state index contributed by atoms with van der Waals surface area (Å²) in [5.74, 6) is -0.535. The molecule has 3 heteroatoms. The second kappa shape index (κ2) is 5.25. The predicted molar refractivity (Wildman–Crippen MR) is 65.0 cm³/mol. The van der Waals surface area contributed by atoms with Crippen LogP contribution in [-0.4, -0.2) is 11.4 Å². The van der Waals surface area contributed by atoms with E-state index in [0.29, 0.717) is 0 Å². The van der Waals surface area contributed by atoms with Crippen LogP contribution in [0.3, 0.4) is 0 Å². The van der Waals surface area contributed by atoms with Gasteiger partial charge in [0.25, 0.3) is 0 Å². The number of benzene rings is 2. The standard InChI is InChI=1S/C14H12FNO/c15-13-8-4-7-12(9-13)14(10-16-17)11-5-2-1-3-6-11/h1-10,14,17H/b16-10+. The van der Waals surface area contributed by atoms with Crippen molar-refractivity contribution in [2.75, 3.05) is 0 Å². The monoisotopic (exact) mass is 229 g/mol. The molecule has 1 unspecified atom stereocenters. The quantitative estimate of drug-likeness (QED) is 0.488. The minimum Gasteiger partial charge on any atom is -0.411 e. The zero-order valence-electron chi connectivity index (χ0n) is 9.12. The summed E-state index contributed by atoms with van der Waals surface area (Å²) in [6.07, 6.45) is 1.39. The van der Waals surface area contributed by atoms with Crippen molar-refractivity contribution < 1.29 is 9.60 Å². The molecule has 1 N–H and O–H groups in total. The Morgan fingerprint density at radius 1 is 1.00 bits per heavy atom. The van der Waals surface area contributed by atoms with E-state index in [0.717, 1.165) is 11.1 Å². The topological polar surface area (TPSA) is 32.6 Å². The Labute approximate surface area is 99.0 Å². The molecule has 0 radical (unpaired) electrons. The van der Waals surface area contributed by atoms with Gasteiger partial charge in [-0.1, -0.05) is 42.5 Å². The van der Waals surface area contributed by atoms with Crippen LogP contribution in [0.4, 0.5) is 4.39 Å². The highest BCUT2D eigenvalue weighted by Gasteiger charge is 2.12. The van der Waals surface area contributed by atoms with Crippen LogP contribution in [0.5, 0.6) is 0 Å². The molecule has 0 saturated heterocycles. The molecule has 0 aromatic heterocycles. The molecule has 0 aliphatic carbocycles. The molecule has 86 valence electrons. The van der Waals surface area contributed by atoms with E-state index < -0.39 is 0 Å². The summed E-state index contributed by atoms with van der Waals surface area (Å²) < 4.78 is 13.2. The molecule has 0 spiro atoms. The van der Waals surface area contributed by atoms with E-state index in [1.165, 1.54) is 18.3 Å². The lowest BCUT2D eigenvalue weighted by molar-refractivity contribution is 0.320. The predicted octanol–water partition coefficient (Wildman–Crippen LogP) is 3.42. The van der Waals surface area contributed by atoms with Crippen LogP contribution in [0.25, 0.3) is 0 Å². The summed E-state index contributed by atoms with van der Waals surface area (Å²) in [7, 11) is 0. The van der Waals surface area contributed by atoms with Gasteiger partial charge in [0.05, 0.1) is 6.21 Å². The molecule has 1 atom stereocenters. The molecule has 0 bridgehead atoms. The van der Waals surface area contributed by atoms with Gasteiger partial charge in [-0.2, -0.15) is 0 Å². The normalized spacial score (nSPS) is 12.8. The molecule has 0 aliphatic rings. The lowest BCUT2D eigenvalue weighted by Gasteiger charge is -2.12. The molecule has 17 heavy (non-hydrogen) atoms. The molecule has 2 aromatic rings. The number of oxime groups is 1. The average molecular weight is 229 g/mol. The van der Waals surface area contributed by atoms with E-state index in [4.69, 9.17) is 5.21 Å². The third-order valence-electron chi connectivity index (χ3n) is 2.58. The number of nitrogens with zero attached hydrogens (tertiary/aromatic N) is 1. The van der Waals surface area contributed by atoms with Gasteiger partial charge >= 0.3 is 0 Å². The fraction of sp³-hybridized carbons (Fsp3) is 0.0714. The maximum atomic E-state index is 13.2. The molecule has 2 rings (SSSR count). The van der Waals surface area contributed by atoms with Gasteiger partial charge in [0, 0.05) is 5.92 Å². The van der Waals surface area contributed by atoms with Gasteiger partial charge < -0.3 is 5.21 Å². The molecule has 0 heterocycles. The Morgan fingerprint density at radius 2 is 1.71 bits per heavy atom. The lowest BCUT2D eigenvalue weighted by Crippen LogP contribution is -2.02. The van der Waals surface area contributed by atoms with E-state index in [-0.39, 0.29) is 11.7 Å². The first-order valence-corrected chi connectivity index (χ1v) is 5.29. The smallest absolute Gasteiger partial charge is 0.123 e. The molecule has 0 amide bonds. The molecule has 2 nitrogen and oxygen atoms in total. The maximum Gasteiger partial charge on any atom is 0.123 e. The average Bonchev–Trinajstić information content (AvgIpc) is 2.37. The maximum absolute atomic E-state index is 13.2. The van der Waals surface area contributed by atoms with Crippen LogP contribution < -0.4 is 0 Å². The molecular weight excluding hydrogens is 217 g/mol. The van der Waals surface area contributed by atoms with Gasteiger partial charge in [0.15, 0.2) is 0 Å². The Hall–Kier alpha value is -2.16. The van der Waals surface area contributed by atoms with Crippen molar-refractivity contribution in [2.24, 2.45) is 5.16 Å². The first-order chi connectivity index (χ1) is 8.31. The molecular formula is C14H12FNO. The van der Waals surface area contributed by atoms with Crippen LogP contribution in [0.15, 0.2) is 59.8 Å². The van der Waals surface area contributed by atoms with Crippen LogP contribution in [0.2, 0.25) is 0 Å². The van der Waals surface area contributed by atoms with E-state index >= 15 is 0 Å². The van der Waals surface area contributed by atoms with Gasteiger partial charge in [-0.3, -0.25) is 0 Å². The number of halogens is 1. The fourth-order valence-corrected chi connectivity index (χ4v) is 1.79. The summed E-state index contributed by atoms with van der Waals surface area (Å²) >= 11 is 0. The second-order valence-electron chi connectivity index (χ2n) is 3.71. The SMILES string of the molecule is O/N=C/C(c1ccccc1)c1cccc(F)c1. The second-order valence-corrected chi connectivity index (χ2v) is 3.71. The van der Waals surface area contributed by atoms with Crippen LogP contribution in [0, 0.1) is 5.82 Å². The van der Waals surface area contributed by atoms with Crippen molar-refractivity contribution in [1.29, 1.82) is 0 Å². The van der Waals surface area contributed by atoms with Crippen LogP contribution in [0.1, 0.15) is 17.0 Å². The highest BCUT2D eigenvalue weighted by molar-refractivity contribution is 5.72.